The molecule has 0 spiro atoms. The molecule has 1 aliphatic rings. The number of benzene rings is 1. The third-order valence-electron chi connectivity index (χ3n) is 5.09. The van der Waals surface area contributed by atoms with E-state index in [0.29, 0.717) is 36.2 Å². The quantitative estimate of drug-likeness (QED) is 0.463. The molecule has 9 heteroatoms. The Morgan fingerprint density at radius 2 is 1.97 bits per heavy atom. The number of nitrogens with zero attached hydrogens (tertiary/aromatic N) is 4. The summed E-state index contributed by atoms with van der Waals surface area (Å²) < 4.78 is 14.9. The molecule has 2 aromatic rings. The van der Waals surface area contributed by atoms with Crippen molar-refractivity contribution >= 4 is 29.8 Å². The van der Waals surface area contributed by atoms with Gasteiger partial charge in [-0.2, -0.15) is 5.10 Å². The zero-order valence-electron chi connectivity index (χ0n) is 16.8. The Labute approximate surface area is 181 Å². The third kappa shape index (κ3) is 5.45. The van der Waals surface area contributed by atoms with Crippen molar-refractivity contribution in [2.75, 3.05) is 33.4 Å². The smallest absolute Gasteiger partial charge is 0.309 e. The topological polar surface area (TPSA) is 61.5 Å². The van der Waals surface area contributed by atoms with Crippen LogP contribution in [0.2, 0.25) is 5.02 Å². The molecule has 1 aromatic heterocycles. The molecule has 0 amide bonds. The minimum atomic E-state index is -0.0855. The summed E-state index contributed by atoms with van der Waals surface area (Å²) >= 11 is 11.7. The zero-order chi connectivity index (χ0) is 20.8. The van der Waals surface area contributed by atoms with Gasteiger partial charge in [0.15, 0.2) is 10.6 Å². The first-order valence-corrected chi connectivity index (χ1v) is 10.6. The van der Waals surface area contributed by atoms with Crippen LogP contribution in [0.15, 0.2) is 24.3 Å². The van der Waals surface area contributed by atoms with Crippen LogP contribution < -0.4 is 0 Å². The molecular formula is C20H27ClN4O3S. The van der Waals surface area contributed by atoms with E-state index in [4.69, 9.17) is 38.4 Å². The number of piperidine rings is 1. The Hall–Kier alpha value is -1.74. The summed E-state index contributed by atoms with van der Waals surface area (Å²) in [6.45, 7) is 5.66. The van der Waals surface area contributed by atoms with E-state index in [2.05, 4.69) is 4.90 Å². The number of aromatic nitrogens is 3. The van der Waals surface area contributed by atoms with Crippen molar-refractivity contribution in [1.82, 2.24) is 19.2 Å². The largest absolute Gasteiger partial charge is 0.466 e. The fraction of sp³-hybridized carbons (Fsp3) is 0.550. The van der Waals surface area contributed by atoms with Crippen LogP contribution in [0.5, 0.6) is 0 Å². The first-order chi connectivity index (χ1) is 14.0. The summed E-state index contributed by atoms with van der Waals surface area (Å²) in [5, 5.41) is 5.46. The molecule has 0 saturated carbocycles. The monoisotopic (exact) mass is 438 g/mol. The van der Waals surface area contributed by atoms with Crippen LogP contribution in [0.3, 0.4) is 0 Å². The lowest BCUT2D eigenvalue weighted by atomic mass is 9.97. The first kappa shape index (κ1) is 22.0. The molecule has 1 aliphatic heterocycles. The van der Waals surface area contributed by atoms with E-state index >= 15 is 0 Å². The Morgan fingerprint density at radius 1 is 1.28 bits per heavy atom. The van der Waals surface area contributed by atoms with Crippen molar-refractivity contribution in [1.29, 1.82) is 0 Å². The molecule has 29 heavy (non-hydrogen) atoms. The van der Waals surface area contributed by atoms with Gasteiger partial charge in [-0.15, -0.1) is 0 Å². The number of ether oxygens (including phenoxy) is 2. The van der Waals surface area contributed by atoms with Gasteiger partial charge in [-0.05, 0) is 56.2 Å². The van der Waals surface area contributed by atoms with Gasteiger partial charge >= 0.3 is 5.97 Å². The van der Waals surface area contributed by atoms with Crippen molar-refractivity contribution in [3.05, 3.63) is 34.1 Å². The predicted octanol–water partition coefficient (Wildman–Crippen LogP) is 3.61. The van der Waals surface area contributed by atoms with E-state index in [0.717, 1.165) is 37.3 Å². The van der Waals surface area contributed by atoms with Crippen molar-refractivity contribution in [2.45, 2.75) is 33.0 Å². The lowest BCUT2D eigenvalue weighted by Gasteiger charge is -2.30. The summed E-state index contributed by atoms with van der Waals surface area (Å²) in [6.07, 6.45) is 1.58. The first-order valence-electron chi connectivity index (χ1n) is 9.85. The van der Waals surface area contributed by atoms with Crippen LogP contribution in [0.25, 0.3) is 11.4 Å². The number of halogens is 1. The van der Waals surface area contributed by atoms with Crippen molar-refractivity contribution in [2.24, 2.45) is 5.92 Å². The fourth-order valence-electron chi connectivity index (χ4n) is 3.49. The number of likely N-dealkylation sites (tertiary alicyclic amines) is 1. The number of carbonyl (C=O) groups is 1. The highest BCUT2D eigenvalue weighted by Crippen LogP contribution is 2.23. The van der Waals surface area contributed by atoms with Gasteiger partial charge in [0.1, 0.15) is 0 Å². The lowest BCUT2D eigenvalue weighted by molar-refractivity contribution is -0.149. The maximum atomic E-state index is 11.9. The van der Waals surface area contributed by atoms with Gasteiger partial charge in [0.05, 0.1) is 32.3 Å². The van der Waals surface area contributed by atoms with E-state index < -0.39 is 0 Å². The highest BCUT2D eigenvalue weighted by Gasteiger charge is 2.26. The Morgan fingerprint density at radius 3 is 2.59 bits per heavy atom. The van der Waals surface area contributed by atoms with Crippen LogP contribution in [-0.4, -0.2) is 58.6 Å². The maximum absolute atomic E-state index is 11.9. The maximum Gasteiger partial charge on any atom is 0.309 e. The average Bonchev–Trinajstić information content (AvgIpc) is 3.03. The molecule has 7 nitrogen and oxygen atoms in total. The highest BCUT2D eigenvalue weighted by atomic mass is 35.5. The van der Waals surface area contributed by atoms with E-state index in [-0.39, 0.29) is 11.9 Å². The van der Waals surface area contributed by atoms with Crippen LogP contribution in [0.4, 0.5) is 0 Å². The molecule has 1 aromatic carbocycles. The average molecular weight is 439 g/mol. The number of esters is 1. The molecule has 0 bridgehead atoms. The van der Waals surface area contributed by atoms with Crippen molar-refractivity contribution < 1.29 is 14.3 Å². The molecule has 0 atom stereocenters. The Kier molecular flexibility index (Phi) is 7.83. The van der Waals surface area contributed by atoms with E-state index in [1.54, 1.807) is 7.11 Å². The standard InChI is InChI=1S/C20H27ClN4O3S/c1-3-28-19(26)16-8-10-23(11-9-16)14-25-20(29)24(12-13-27-2)18(22-25)15-4-6-17(21)7-5-15/h4-7,16H,3,8-14H2,1-2H3. The lowest BCUT2D eigenvalue weighted by Crippen LogP contribution is -2.38. The second-order valence-corrected chi connectivity index (χ2v) is 7.84. The second kappa shape index (κ2) is 10.3. The van der Waals surface area contributed by atoms with Gasteiger partial charge in [0, 0.05) is 30.8 Å². The second-order valence-electron chi connectivity index (χ2n) is 7.04. The number of rotatable bonds is 8. The van der Waals surface area contributed by atoms with Crippen molar-refractivity contribution in [3.8, 4) is 11.4 Å². The van der Waals surface area contributed by atoms with Gasteiger partial charge in [0.2, 0.25) is 0 Å². The van der Waals surface area contributed by atoms with E-state index in [1.165, 1.54) is 0 Å². The van der Waals surface area contributed by atoms with E-state index in [1.807, 2.05) is 40.4 Å². The molecule has 0 N–H and O–H groups in total. The summed E-state index contributed by atoms with van der Waals surface area (Å²) in [4.78, 5) is 14.2. The molecular weight excluding hydrogens is 412 g/mol. The Balaban J connectivity index is 1.75. The number of carbonyl (C=O) groups excluding carboxylic acids is 1. The van der Waals surface area contributed by atoms with Crippen LogP contribution in [0.1, 0.15) is 19.8 Å². The molecule has 1 fully saturated rings. The molecule has 1 saturated heterocycles. The summed E-state index contributed by atoms with van der Waals surface area (Å²) in [5.74, 6) is 0.700. The van der Waals surface area contributed by atoms with Crippen molar-refractivity contribution in [3.63, 3.8) is 0 Å². The predicted molar refractivity (Wildman–Crippen MR) is 114 cm³/mol. The molecule has 158 valence electrons. The Bertz CT molecular complexity index is 873. The minimum Gasteiger partial charge on any atom is -0.466 e. The fourth-order valence-corrected chi connectivity index (χ4v) is 3.89. The zero-order valence-corrected chi connectivity index (χ0v) is 18.4. The summed E-state index contributed by atoms with van der Waals surface area (Å²) in [7, 11) is 1.67. The van der Waals surface area contributed by atoms with Gasteiger partial charge in [0.25, 0.3) is 0 Å². The van der Waals surface area contributed by atoms with Crippen LogP contribution in [-0.2, 0) is 27.5 Å². The highest BCUT2D eigenvalue weighted by molar-refractivity contribution is 7.71. The molecule has 0 aliphatic carbocycles. The van der Waals surface area contributed by atoms with Gasteiger partial charge < -0.3 is 9.47 Å². The van der Waals surface area contributed by atoms with Gasteiger partial charge in [-0.25, -0.2) is 4.68 Å². The molecule has 0 unspecified atom stereocenters. The number of methoxy groups -OCH3 is 1. The number of hydrogen-bond acceptors (Lipinski definition) is 6. The summed E-state index contributed by atoms with van der Waals surface area (Å²) in [6, 6.07) is 7.58. The van der Waals surface area contributed by atoms with E-state index in [9.17, 15) is 4.79 Å². The summed E-state index contributed by atoms with van der Waals surface area (Å²) in [5.41, 5.74) is 0.955. The molecule has 3 rings (SSSR count). The van der Waals surface area contributed by atoms with Gasteiger partial charge in [-0.1, -0.05) is 11.6 Å². The number of hydrogen-bond donors (Lipinski definition) is 0. The van der Waals surface area contributed by atoms with Gasteiger partial charge in [-0.3, -0.25) is 14.3 Å². The van der Waals surface area contributed by atoms with Crippen LogP contribution in [0, 0.1) is 10.7 Å². The SMILES string of the molecule is CCOC(=O)C1CCN(Cn2nc(-c3ccc(Cl)cc3)n(CCOC)c2=S)CC1. The normalized spacial score (nSPS) is 15.6. The molecule has 0 radical (unpaired) electrons. The third-order valence-corrected chi connectivity index (χ3v) is 5.77. The minimum absolute atomic E-state index is 0.0111. The molecule has 2 heterocycles. The van der Waals surface area contributed by atoms with Crippen LogP contribution >= 0.6 is 23.8 Å².